The Balaban J connectivity index is -0.000000137. The molecule has 0 spiro atoms. The normalized spacial score (nSPS) is 6.33. The molecule has 0 aromatic rings. The number of carboxylic acid groups (broad SMARTS) is 1. The quantitative estimate of drug-likeness (QED) is 0.638. The first kappa shape index (κ1) is 17.1. The lowest BCUT2D eigenvalue weighted by molar-refractivity contribution is -0.136. The van der Waals surface area contributed by atoms with Crippen LogP contribution < -0.4 is 5.32 Å². The van der Waals surface area contributed by atoms with Gasteiger partial charge in [0.1, 0.15) is 6.54 Å². The Bertz CT molecular complexity index is 94.3. The highest BCUT2D eigenvalue weighted by molar-refractivity contribution is 5.71. The second-order valence-electron chi connectivity index (χ2n) is 1.60. The highest BCUT2D eigenvalue weighted by Gasteiger charge is 1.88. The molecule has 12 heavy (non-hydrogen) atoms. The minimum atomic E-state index is -1.04. The molecule has 0 unspecified atom stereocenters. The molecule has 0 aliphatic heterocycles. The Morgan fingerprint density at radius 3 is 1.83 bits per heavy atom. The van der Waals surface area contributed by atoms with Crippen molar-refractivity contribution >= 4 is 12.4 Å². The molecule has 0 saturated heterocycles. The van der Waals surface area contributed by atoms with Gasteiger partial charge in [0, 0.05) is 0 Å². The summed E-state index contributed by atoms with van der Waals surface area (Å²) in [5.41, 5.74) is 0. The molecule has 2 N–H and O–H groups in total. The number of carbonyl (C=O) groups excluding carboxylic acids is 1. The monoisotopic (exact) mass is 177 g/mol. The lowest BCUT2D eigenvalue weighted by atomic mass is 10.6. The van der Waals surface area contributed by atoms with E-state index in [4.69, 9.17) is 5.11 Å². The van der Waals surface area contributed by atoms with Crippen LogP contribution in [0.4, 0.5) is 0 Å². The van der Waals surface area contributed by atoms with Crippen LogP contribution in [-0.2, 0) is 9.59 Å². The lowest BCUT2D eigenvalue weighted by Gasteiger charge is -1.85. The molecule has 1 amide bonds. The SMILES string of the molecule is CC.CCC.O=CNCC(=O)O. The van der Waals surface area contributed by atoms with E-state index in [9.17, 15) is 9.59 Å². The van der Waals surface area contributed by atoms with Crippen LogP contribution in [0.5, 0.6) is 0 Å². The molecule has 0 atom stereocenters. The van der Waals surface area contributed by atoms with Gasteiger partial charge >= 0.3 is 5.97 Å². The number of carbonyl (C=O) groups is 2. The summed E-state index contributed by atoms with van der Waals surface area (Å²) in [5, 5.41) is 9.79. The van der Waals surface area contributed by atoms with E-state index in [1.54, 1.807) is 0 Å². The molecular formula is C8H19NO3. The zero-order valence-corrected chi connectivity index (χ0v) is 8.26. The van der Waals surface area contributed by atoms with E-state index in [1.165, 1.54) is 6.42 Å². The number of nitrogens with one attached hydrogen (secondary N) is 1. The standard InChI is InChI=1S/C3H5NO3.C3H8.C2H6/c5-2-4-1-3(6)7;1-3-2;1-2/h2H,1H2,(H,4,5)(H,6,7);3H2,1-2H3;1-2H3. The third-order valence-electron chi connectivity index (χ3n) is 0.337. The van der Waals surface area contributed by atoms with Crippen LogP contribution in [0.1, 0.15) is 34.1 Å². The van der Waals surface area contributed by atoms with E-state index in [0.717, 1.165) is 0 Å². The van der Waals surface area contributed by atoms with Crippen LogP contribution in [-0.4, -0.2) is 24.0 Å². The van der Waals surface area contributed by atoms with E-state index < -0.39 is 5.97 Å². The maximum absolute atomic E-state index is 9.54. The molecule has 0 aliphatic rings. The molecule has 4 heteroatoms. The Hall–Kier alpha value is -1.06. The molecule has 0 aliphatic carbocycles. The van der Waals surface area contributed by atoms with Crippen molar-refractivity contribution < 1.29 is 14.7 Å². The summed E-state index contributed by atoms with van der Waals surface area (Å²) in [6.45, 7) is 7.95. The van der Waals surface area contributed by atoms with Crippen molar-refractivity contribution in [3.8, 4) is 0 Å². The molecule has 0 aromatic carbocycles. The maximum Gasteiger partial charge on any atom is 0.322 e. The molecular weight excluding hydrogens is 158 g/mol. The van der Waals surface area contributed by atoms with Gasteiger partial charge < -0.3 is 10.4 Å². The number of amides is 1. The van der Waals surface area contributed by atoms with E-state index in [2.05, 4.69) is 13.8 Å². The molecule has 74 valence electrons. The third kappa shape index (κ3) is 65.2. The van der Waals surface area contributed by atoms with Crippen molar-refractivity contribution in [2.75, 3.05) is 6.54 Å². The fourth-order valence-electron chi connectivity index (χ4n) is 0.129. The van der Waals surface area contributed by atoms with E-state index in [1.807, 2.05) is 19.2 Å². The zero-order valence-electron chi connectivity index (χ0n) is 8.26. The van der Waals surface area contributed by atoms with Gasteiger partial charge in [-0.3, -0.25) is 9.59 Å². The molecule has 0 aromatic heterocycles. The smallest absolute Gasteiger partial charge is 0.322 e. The fraction of sp³-hybridized carbons (Fsp3) is 0.750. The first-order chi connectivity index (χ1) is 5.68. The Morgan fingerprint density at radius 2 is 1.75 bits per heavy atom. The van der Waals surface area contributed by atoms with Gasteiger partial charge in [-0.15, -0.1) is 0 Å². The van der Waals surface area contributed by atoms with E-state index in [0.29, 0.717) is 6.41 Å². The van der Waals surface area contributed by atoms with Crippen LogP contribution in [0.15, 0.2) is 0 Å². The van der Waals surface area contributed by atoms with Crippen molar-refractivity contribution in [1.82, 2.24) is 5.32 Å². The molecule has 0 fully saturated rings. The summed E-state index contributed by atoms with van der Waals surface area (Å²) in [6, 6.07) is 0. The summed E-state index contributed by atoms with van der Waals surface area (Å²) < 4.78 is 0. The van der Waals surface area contributed by atoms with Crippen molar-refractivity contribution in [2.24, 2.45) is 0 Å². The Kier molecular flexibility index (Phi) is 32.2. The van der Waals surface area contributed by atoms with Crippen LogP contribution in [0.25, 0.3) is 0 Å². The highest BCUT2D eigenvalue weighted by Crippen LogP contribution is 1.56. The number of hydrogen-bond acceptors (Lipinski definition) is 2. The second kappa shape index (κ2) is 22.5. The molecule has 0 bridgehead atoms. The third-order valence-corrected chi connectivity index (χ3v) is 0.337. The van der Waals surface area contributed by atoms with E-state index >= 15 is 0 Å². The van der Waals surface area contributed by atoms with Gasteiger partial charge in [0.2, 0.25) is 6.41 Å². The van der Waals surface area contributed by atoms with Gasteiger partial charge in [-0.25, -0.2) is 0 Å². The average molecular weight is 177 g/mol. The predicted molar refractivity (Wildman–Crippen MR) is 49.0 cm³/mol. The van der Waals surface area contributed by atoms with Crippen molar-refractivity contribution in [2.45, 2.75) is 34.1 Å². The van der Waals surface area contributed by atoms with Gasteiger partial charge in [0.15, 0.2) is 0 Å². The maximum atomic E-state index is 9.54. The predicted octanol–water partition coefficient (Wildman–Crippen LogP) is 1.26. The fourth-order valence-corrected chi connectivity index (χ4v) is 0.129. The zero-order chi connectivity index (χ0) is 10.4. The number of carboxylic acids is 1. The number of rotatable bonds is 3. The summed E-state index contributed by atoms with van der Waals surface area (Å²) in [4.78, 5) is 18.9. The molecule has 4 nitrogen and oxygen atoms in total. The topological polar surface area (TPSA) is 66.4 Å². The van der Waals surface area contributed by atoms with Crippen molar-refractivity contribution in [3.05, 3.63) is 0 Å². The molecule has 0 heterocycles. The van der Waals surface area contributed by atoms with Crippen LogP contribution in [0.3, 0.4) is 0 Å². The Morgan fingerprint density at radius 1 is 1.42 bits per heavy atom. The first-order valence-electron chi connectivity index (χ1n) is 4.07. The minimum absolute atomic E-state index is 0.302. The Labute approximate surface area is 74.0 Å². The molecule has 0 radical (unpaired) electrons. The van der Waals surface area contributed by atoms with Crippen LogP contribution in [0.2, 0.25) is 0 Å². The van der Waals surface area contributed by atoms with Crippen molar-refractivity contribution in [3.63, 3.8) is 0 Å². The minimum Gasteiger partial charge on any atom is -0.480 e. The number of hydrogen-bond donors (Lipinski definition) is 2. The van der Waals surface area contributed by atoms with Gasteiger partial charge in [0.05, 0.1) is 0 Å². The summed E-state index contributed by atoms with van der Waals surface area (Å²) in [6.07, 6.45) is 1.59. The average Bonchev–Trinajstić information content (AvgIpc) is 2.06. The highest BCUT2D eigenvalue weighted by atomic mass is 16.4. The van der Waals surface area contributed by atoms with Crippen LogP contribution >= 0.6 is 0 Å². The van der Waals surface area contributed by atoms with Gasteiger partial charge in [0.25, 0.3) is 0 Å². The second-order valence-corrected chi connectivity index (χ2v) is 1.60. The lowest BCUT2D eigenvalue weighted by Crippen LogP contribution is -2.20. The van der Waals surface area contributed by atoms with E-state index in [-0.39, 0.29) is 6.54 Å². The molecule has 0 rings (SSSR count). The number of aliphatic carboxylic acids is 1. The summed E-state index contributed by atoms with van der Waals surface area (Å²) in [5.74, 6) is -1.04. The summed E-state index contributed by atoms with van der Waals surface area (Å²) in [7, 11) is 0. The van der Waals surface area contributed by atoms with Crippen molar-refractivity contribution in [1.29, 1.82) is 0 Å². The molecule has 0 saturated carbocycles. The van der Waals surface area contributed by atoms with Crippen LogP contribution in [0, 0.1) is 0 Å². The first-order valence-corrected chi connectivity index (χ1v) is 4.07. The largest absolute Gasteiger partial charge is 0.480 e. The summed E-state index contributed by atoms with van der Waals surface area (Å²) >= 11 is 0. The van der Waals surface area contributed by atoms with Gasteiger partial charge in [-0.1, -0.05) is 34.1 Å². The van der Waals surface area contributed by atoms with Gasteiger partial charge in [-0.2, -0.15) is 0 Å². The van der Waals surface area contributed by atoms with Gasteiger partial charge in [-0.05, 0) is 0 Å².